The maximum Gasteiger partial charge on any atom is 0.251 e. The Balaban J connectivity index is 1.87. The summed E-state index contributed by atoms with van der Waals surface area (Å²) < 4.78 is 0. The summed E-state index contributed by atoms with van der Waals surface area (Å²) in [6, 6.07) is 0. The van der Waals surface area contributed by atoms with Crippen LogP contribution in [0.15, 0.2) is 0 Å². The summed E-state index contributed by atoms with van der Waals surface area (Å²) in [5, 5.41) is 3.62. The number of nitrogens with two attached hydrogens (primary N) is 1. The van der Waals surface area contributed by atoms with Gasteiger partial charge in [-0.1, -0.05) is 27.7 Å². The van der Waals surface area contributed by atoms with E-state index in [-0.39, 0.29) is 22.7 Å². The molecule has 0 aromatic carbocycles. The van der Waals surface area contributed by atoms with Crippen LogP contribution in [0.4, 0.5) is 5.00 Å². The SMILES string of the molecule is CC1(C)C(C(=O)Nc2sc3c(c2C(N)=O)CCC3)C1(C)C. The Morgan fingerprint density at radius 1 is 1.19 bits per heavy atom. The van der Waals surface area contributed by atoms with Gasteiger partial charge in [0.15, 0.2) is 0 Å². The van der Waals surface area contributed by atoms with Crippen LogP contribution in [0.25, 0.3) is 0 Å². The second kappa shape index (κ2) is 4.32. The molecule has 2 amide bonds. The zero-order valence-electron chi connectivity index (χ0n) is 13.0. The molecular formula is C16H22N2O2S. The Kier molecular flexibility index (Phi) is 3.00. The minimum Gasteiger partial charge on any atom is -0.365 e. The molecule has 1 fully saturated rings. The molecule has 2 aliphatic carbocycles. The van der Waals surface area contributed by atoms with Gasteiger partial charge in [-0.25, -0.2) is 0 Å². The van der Waals surface area contributed by atoms with Crippen LogP contribution < -0.4 is 11.1 Å². The Morgan fingerprint density at radius 2 is 1.81 bits per heavy atom. The summed E-state index contributed by atoms with van der Waals surface area (Å²) in [5.41, 5.74) is 7.09. The molecule has 1 saturated carbocycles. The first-order valence-corrected chi connectivity index (χ1v) is 8.24. The molecule has 4 nitrogen and oxygen atoms in total. The van der Waals surface area contributed by atoms with Gasteiger partial charge in [0.2, 0.25) is 5.91 Å². The molecule has 0 spiro atoms. The molecule has 0 radical (unpaired) electrons. The molecule has 21 heavy (non-hydrogen) atoms. The van der Waals surface area contributed by atoms with E-state index in [1.165, 1.54) is 16.2 Å². The van der Waals surface area contributed by atoms with Crippen molar-refractivity contribution in [3.8, 4) is 0 Å². The normalized spacial score (nSPS) is 21.9. The van der Waals surface area contributed by atoms with Crippen LogP contribution in [0.2, 0.25) is 0 Å². The summed E-state index contributed by atoms with van der Waals surface area (Å²) in [4.78, 5) is 25.5. The number of primary amides is 1. The fraction of sp³-hybridized carbons (Fsp3) is 0.625. The highest BCUT2D eigenvalue weighted by molar-refractivity contribution is 7.17. The van der Waals surface area contributed by atoms with E-state index in [9.17, 15) is 9.59 Å². The van der Waals surface area contributed by atoms with Crippen LogP contribution in [0.1, 0.15) is 54.9 Å². The molecule has 1 aromatic heterocycles. The summed E-state index contributed by atoms with van der Waals surface area (Å²) in [6.07, 6.45) is 2.94. The van der Waals surface area contributed by atoms with Crippen LogP contribution in [0.3, 0.4) is 0 Å². The monoisotopic (exact) mass is 306 g/mol. The smallest absolute Gasteiger partial charge is 0.251 e. The molecule has 0 atom stereocenters. The van der Waals surface area contributed by atoms with Crippen molar-refractivity contribution in [2.24, 2.45) is 22.5 Å². The van der Waals surface area contributed by atoms with Crippen molar-refractivity contribution in [2.75, 3.05) is 5.32 Å². The molecule has 3 N–H and O–H groups in total. The highest BCUT2D eigenvalue weighted by Crippen LogP contribution is 2.68. The predicted octanol–water partition coefficient (Wildman–Crippen LogP) is 2.96. The van der Waals surface area contributed by atoms with Gasteiger partial charge in [-0.05, 0) is 35.7 Å². The summed E-state index contributed by atoms with van der Waals surface area (Å²) >= 11 is 1.52. The molecule has 114 valence electrons. The Labute approximate surface area is 129 Å². The van der Waals surface area contributed by atoms with Crippen molar-refractivity contribution in [1.82, 2.24) is 0 Å². The summed E-state index contributed by atoms with van der Waals surface area (Å²) in [7, 11) is 0. The number of rotatable bonds is 3. The lowest BCUT2D eigenvalue weighted by molar-refractivity contribution is -0.118. The van der Waals surface area contributed by atoms with Crippen molar-refractivity contribution in [2.45, 2.75) is 47.0 Å². The first kappa shape index (κ1) is 14.6. The first-order chi connectivity index (χ1) is 9.68. The molecule has 5 heteroatoms. The third kappa shape index (κ3) is 1.94. The van der Waals surface area contributed by atoms with Crippen molar-refractivity contribution in [3.63, 3.8) is 0 Å². The largest absolute Gasteiger partial charge is 0.365 e. The van der Waals surface area contributed by atoms with Gasteiger partial charge in [0.1, 0.15) is 5.00 Å². The van der Waals surface area contributed by atoms with E-state index in [0.29, 0.717) is 10.6 Å². The Hall–Kier alpha value is -1.36. The van der Waals surface area contributed by atoms with Crippen LogP contribution >= 0.6 is 11.3 Å². The number of fused-ring (bicyclic) bond motifs is 1. The minimum atomic E-state index is -0.431. The third-order valence-electron chi connectivity index (χ3n) is 5.69. The Bertz CT molecular complexity index is 629. The average Bonchev–Trinajstić information content (AvgIpc) is 2.73. The highest BCUT2D eigenvalue weighted by atomic mass is 32.1. The van der Waals surface area contributed by atoms with E-state index < -0.39 is 5.91 Å². The van der Waals surface area contributed by atoms with Crippen LogP contribution in [-0.2, 0) is 17.6 Å². The topological polar surface area (TPSA) is 72.2 Å². The lowest BCUT2D eigenvalue weighted by Crippen LogP contribution is -2.20. The fourth-order valence-electron chi connectivity index (χ4n) is 3.79. The van der Waals surface area contributed by atoms with Gasteiger partial charge < -0.3 is 11.1 Å². The van der Waals surface area contributed by atoms with Crippen LogP contribution in [0.5, 0.6) is 0 Å². The van der Waals surface area contributed by atoms with Crippen LogP contribution in [0, 0.1) is 16.7 Å². The zero-order valence-corrected chi connectivity index (χ0v) is 13.8. The number of hydrogen-bond donors (Lipinski definition) is 2. The summed E-state index contributed by atoms with van der Waals surface area (Å²) in [6.45, 7) is 8.45. The van der Waals surface area contributed by atoms with Gasteiger partial charge >= 0.3 is 0 Å². The molecule has 3 rings (SSSR count). The number of carbonyl (C=O) groups is 2. The zero-order chi connectivity index (χ0) is 15.6. The van der Waals surface area contributed by atoms with Gasteiger partial charge in [-0.2, -0.15) is 0 Å². The molecule has 1 aromatic rings. The number of hydrogen-bond acceptors (Lipinski definition) is 3. The lowest BCUT2D eigenvalue weighted by Gasteiger charge is -2.07. The van der Waals surface area contributed by atoms with Gasteiger partial charge in [0.05, 0.1) is 5.56 Å². The molecule has 1 heterocycles. The second-order valence-corrected chi connectivity index (χ2v) is 8.40. The van der Waals surface area contributed by atoms with E-state index in [1.807, 2.05) is 0 Å². The first-order valence-electron chi connectivity index (χ1n) is 7.43. The van der Waals surface area contributed by atoms with E-state index in [2.05, 4.69) is 33.0 Å². The highest BCUT2D eigenvalue weighted by Gasteiger charge is 2.68. The number of thiophene rings is 1. The van der Waals surface area contributed by atoms with Crippen molar-refractivity contribution in [1.29, 1.82) is 0 Å². The predicted molar refractivity (Wildman–Crippen MR) is 84.5 cm³/mol. The van der Waals surface area contributed by atoms with E-state index in [1.54, 1.807) is 0 Å². The van der Waals surface area contributed by atoms with Crippen molar-refractivity contribution in [3.05, 3.63) is 16.0 Å². The Morgan fingerprint density at radius 3 is 2.33 bits per heavy atom. The fourth-order valence-corrected chi connectivity index (χ4v) is 5.09. The number of aryl methyl sites for hydroxylation is 1. The number of anilines is 1. The van der Waals surface area contributed by atoms with Gasteiger partial charge in [0.25, 0.3) is 5.91 Å². The quantitative estimate of drug-likeness (QED) is 0.901. The van der Waals surface area contributed by atoms with E-state index in [4.69, 9.17) is 5.73 Å². The minimum absolute atomic E-state index is 0.00687. The van der Waals surface area contributed by atoms with E-state index in [0.717, 1.165) is 24.8 Å². The maximum atomic E-state index is 12.6. The second-order valence-electron chi connectivity index (χ2n) is 7.29. The van der Waals surface area contributed by atoms with Crippen molar-refractivity contribution < 1.29 is 9.59 Å². The third-order valence-corrected chi connectivity index (χ3v) is 6.89. The number of amides is 2. The molecule has 0 aliphatic heterocycles. The molecule has 0 saturated heterocycles. The lowest BCUT2D eigenvalue weighted by atomic mass is 10.0. The molecule has 0 unspecified atom stereocenters. The molecular weight excluding hydrogens is 284 g/mol. The number of carbonyl (C=O) groups excluding carboxylic acids is 2. The maximum absolute atomic E-state index is 12.6. The van der Waals surface area contributed by atoms with E-state index >= 15 is 0 Å². The van der Waals surface area contributed by atoms with Gasteiger partial charge in [-0.15, -0.1) is 11.3 Å². The van der Waals surface area contributed by atoms with Gasteiger partial charge in [-0.3, -0.25) is 9.59 Å². The van der Waals surface area contributed by atoms with Gasteiger partial charge in [0, 0.05) is 10.8 Å². The number of nitrogens with one attached hydrogen (secondary N) is 1. The van der Waals surface area contributed by atoms with Crippen LogP contribution in [-0.4, -0.2) is 11.8 Å². The molecule has 0 bridgehead atoms. The standard InChI is InChI=1S/C16H22N2O2S/c1-15(2)11(16(15,3)4)13(20)18-14-10(12(17)19)8-6-5-7-9(8)21-14/h11H,5-7H2,1-4H3,(H2,17,19)(H,18,20). The summed E-state index contributed by atoms with van der Waals surface area (Å²) in [5.74, 6) is -0.450. The van der Waals surface area contributed by atoms with Crippen molar-refractivity contribution >= 4 is 28.2 Å². The molecule has 2 aliphatic rings. The average molecular weight is 306 g/mol.